The molecule has 0 aliphatic carbocycles. The van der Waals surface area contributed by atoms with Crippen LogP contribution in [0.1, 0.15) is 26.3 Å². The Kier molecular flexibility index (Phi) is 5.13. The summed E-state index contributed by atoms with van der Waals surface area (Å²) >= 11 is 0. The van der Waals surface area contributed by atoms with E-state index in [-0.39, 0.29) is 12.5 Å². The fourth-order valence-electron chi connectivity index (χ4n) is 2.23. The normalized spacial score (nSPS) is 13.7. The van der Waals surface area contributed by atoms with Crippen molar-refractivity contribution in [2.75, 3.05) is 7.11 Å². The summed E-state index contributed by atoms with van der Waals surface area (Å²) in [5, 5.41) is 9.52. The van der Waals surface area contributed by atoms with Crippen LogP contribution in [0.2, 0.25) is 0 Å². The lowest BCUT2D eigenvalue weighted by Gasteiger charge is -2.38. The monoisotopic (exact) mass is 279 g/mol. The minimum atomic E-state index is -1.27. The molecule has 0 aliphatic rings. The third-order valence-corrected chi connectivity index (χ3v) is 3.41. The SMILES string of the molecule is COc1ccc(CC(C)(C(=O)O)N(C=O)C(C)C)cc1. The molecule has 0 fully saturated rings. The summed E-state index contributed by atoms with van der Waals surface area (Å²) in [6.07, 6.45) is 0.839. The molecule has 0 bridgehead atoms. The molecule has 0 radical (unpaired) electrons. The second kappa shape index (κ2) is 6.41. The van der Waals surface area contributed by atoms with Gasteiger partial charge in [0.05, 0.1) is 7.11 Å². The van der Waals surface area contributed by atoms with Gasteiger partial charge in [-0.2, -0.15) is 0 Å². The van der Waals surface area contributed by atoms with Gasteiger partial charge in [-0.15, -0.1) is 0 Å². The third kappa shape index (κ3) is 3.29. The van der Waals surface area contributed by atoms with Crippen LogP contribution >= 0.6 is 0 Å². The first-order valence-electron chi connectivity index (χ1n) is 6.45. The van der Waals surface area contributed by atoms with Gasteiger partial charge in [-0.3, -0.25) is 4.79 Å². The van der Waals surface area contributed by atoms with E-state index in [0.717, 1.165) is 5.56 Å². The van der Waals surface area contributed by atoms with E-state index in [2.05, 4.69) is 0 Å². The van der Waals surface area contributed by atoms with Crippen molar-refractivity contribution in [2.24, 2.45) is 0 Å². The molecule has 1 unspecified atom stereocenters. The Morgan fingerprint density at radius 3 is 2.30 bits per heavy atom. The fraction of sp³-hybridized carbons (Fsp3) is 0.467. The predicted octanol–water partition coefficient (Wildman–Crippen LogP) is 1.95. The van der Waals surface area contributed by atoms with Gasteiger partial charge >= 0.3 is 5.97 Å². The summed E-state index contributed by atoms with van der Waals surface area (Å²) in [6, 6.07) is 6.98. The van der Waals surface area contributed by atoms with Gasteiger partial charge in [0.15, 0.2) is 0 Å². The molecule has 1 aromatic rings. The average molecular weight is 279 g/mol. The van der Waals surface area contributed by atoms with Gasteiger partial charge in [-0.1, -0.05) is 12.1 Å². The first-order chi connectivity index (χ1) is 9.35. The third-order valence-electron chi connectivity index (χ3n) is 3.41. The van der Waals surface area contributed by atoms with Crippen molar-refractivity contribution in [1.82, 2.24) is 4.90 Å². The van der Waals surface area contributed by atoms with Crippen LogP contribution in [0.4, 0.5) is 0 Å². The minimum Gasteiger partial charge on any atom is -0.497 e. The van der Waals surface area contributed by atoms with Crippen molar-refractivity contribution >= 4 is 12.4 Å². The summed E-state index contributed by atoms with van der Waals surface area (Å²) in [7, 11) is 1.57. The van der Waals surface area contributed by atoms with Crippen LogP contribution in [-0.2, 0) is 16.0 Å². The highest BCUT2D eigenvalue weighted by Crippen LogP contribution is 2.24. The molecule has 1 rings (SSSR count). The number of carbonyl (C=O) groups excluding carboxylic acids is 1. The maximum absolute atomic E-state index is 11.6. The second-order valence-electron chi connectivity index (χ2n) is 5.21. The maximum atomic E-state index is 11.6. The van der Waals surface area contributed by atoms with Crippen molar-refractivity contribution in [2.45, 2.75) is 38.8 Å². The lowest BCUT2D eigenvalue weighted by Crippen LogP contribution is -2.56. The Hall–Kier alpha value is -2.04. The van der Waals surface area contributed by atoms with E-state index in [4.69, 9.17) is 4.74 Å². The Labute approximate surface area is 119 Å². The topological polar surface area (TPSA) is 66.8 Å². The van der Waals surface area contributed by atoms with Crippen molar-refractivity contribution in [3.05, 3.63) is 29.8 Å². The molecule has 0 saturated heterocycles. The van der Waals surface area contributed by atoms with Gasteiger partial charge in [-0.25, -0.2) is 4.79 Å². The van der Waals surface area contributed by atoms with Crippen molar-refractivity contribution in [3.8, 4) is 5.75 Å². The van der Waals surface area contributed by atoms with E-state index >= 15 is 0 Å². The zero-order valence-corrected chi connectivity index (χ0v) is 12.3. The number of aliphatic carboxylic acids is 1. The number of hydrogen-bond donors (Lipinski definition) is 1. The van der Waals surface area contributed by atoms with Gasteiger partial charge in [0, 0.05) is 12.5 Å². The zero-order valence-electron chi connectivity index (χ0n) is 12.3. The number of hydrogen-bond acceptors (Lipinski definition) is 3. The lowest BCUT2D eigenvalue weighted by atomic mass is 9.90. The first-order valence-corrected chi connectivity index (χ1v) is 6.45. The summed E-state index contributed by atoms with van der Waals surface area (Å²) in [4.78, 5) is 24.2. The molecule has 0 saturated carbocycles. The van der Waals surface area contributed by atoms with E-state index in [1.165, 1.54) is 4.90 Å². The first kappa shape index (κ1) is 16.0. The van der Waals surface area contributed by atoms with Gasteiger partial charge in [0.25, 0.3) is 0 Å². The summed E-state index contributed by atoms with van der Waals surface area (Å²) in [5.74, 6) is -0.309. The number of carboxylic acids is 1. The maximum Gasteiger partial charge on any atom is 0.329 e. The molecule has 0 spiro atoms. The Bertz CT molecular complexity index is 469. The molecular weight excluding hydrogens is 258 g/mol. The van der Waals surface area contributed by atoms with E-state index in [9.17, 15) is 14.7 Å². The number of benzene rings is 1. The molecule has 1 N–H and O–H groups in total. The number of amides is 1. The number of ether oxygens (including phenoxy) is 1. The number of carbonyl (C=O) groups is 2. The molecule has 5 heteroatoms. The molecule has 110 valence electrons. The van der Waals surface area contributed by atoms with E-state index in [0.29, 0.717) is 12.2 Å². The van der Waals surface area contributed by atoms with Crippen LogP contribution in [-0.4, -0.2) is 41.1 Å². The summed E-state index contributed by atoms with van der Waals surface area (Å²) in [5.41, 5.74) is -0.437. The van der Waals surface area contributed by atoms with Crippen molar-refractivity contribution in [3.63, 3.8) is 0 Å². The van der Waals surface area contributed by atoms with E-state index in [1.54, 1.807) is 40.0 Å². The lowest BCUT2D eigenvalue weighted by molar-refractivity contribution is -0.155. The van der Waals surface area contributed by atoms with Crippen LogP contribution in [0.5, 0.6) is 5.75 Å². The summed E-state index contributed by atoms with van der Waals surface area (Å²) in [6.45, 7) is 5.15. The van der Waals surface area contributed by atoms with Crippen LogP contribution in [0, 0.1) is 0 Å². The van der Waals surface area contributed by atoms with E-state index in [1.807, 2.05) is 12.1 Å². The highest BCUT2D eigenvalue weighted by atomic mass is 16.5. The molecule has 1 aromatic carbocycles. The van der Waals surface area contributed by atoms with Gasteiger partial charge in [0.2, 0.25) is 6.41 Å². The molecule has 0 aliphatic heterocycles. The van der Waals surface area contributed by atoms with Crippen molar-refractivity contribution in [1.29, 1.82) is 0 Å². The molecular formula is C15H21NO4. The van der Waals surface area contributed by atoms with Gasteiger partial charge < -0.3 is 14.7 Å². The molecule has 0 heterocycles. The van der Waals surface area contributed by atoms with Crippen LogP contribution in [0.25, 0.3) is 0 Å². The van der Waals surface area contributed by atoms with Crippen LogP contribution < -0.4 is 4.74 Å². The van der Waals surface area contributed by atoms with E-state index < -0.39 is 11.5 Å². The molecule has 5 nitrogen and oxygen atoms in total. The van der Waals surface area contributed by atoms with Gasteiger partial charge in [-0.05, 0) is 38.5 Å². The molecule has 1 amide bonds. The van der Waals surface area contributed by atoms with Gasteiger partial charge in [0.1, 0.15) is 11.3 Å². The molecule has 0 aromatic heterocycles. The highest BCUT2D eigenvalue weighted by Gasteiger charge is 2.40. The van der Waals surface area contributed by atoms with Crippen LogP contribution in [0.3, 0.4) is 0 Å². The molecule has 20 heavy (non-hydrogen) atoms. The Morgan fingerprint density at radius 2 is 1.95 bits per heavy atom. The summed E-state index contributed by atoms with van der Waals surface area (Å²) < 4.78 is 5.07. The van der Waals surface area contributed by atoms with Crippen molar-refractivity contribution < 1.29 is 19.4 Å². The number of nitrogens with zero attached hydrogens (tertiary/aromatic N) is 1. The molecule has 1 atom stereocenters. The highest BCUT2D eigenvalue weighted by molar-refractivity contribution is 5.81. The smallest absolute Gasteiger partial charge is 0.329 e. The minimum absolute atomic E-state index is 0.188. The average Bonchev–Trinajstić information content (AvgIpc) is 2.39. The second-order valence-corrected chi connectivity index (χ2v) is 5.21. The Morgan fingerprint density at radius 1 is 1.40 bits per heavy atom. The fourth-order valence-corrected chi connectivity index (χ4v) is 2.23. The standard InChI is InChI=1S/C15H21NO4/c1-11(2)16(10-17)15(3,14(18)19)9-12-5-7-13(20-4)8-6-12/h5-8,10-11H,9H2,1-4H3,(H,18,19). The quantitative estimate of drug-likeness (QED) is 0.775. The Balaban J connectivity index is 3.07. The largest absolute Gasteiger partial charge is 0.497 e. The predicted molar refractivity (Wildman–Crippen MR) is 75.8 cm³/mol. The number of carboxylic acid groups (broad SMARTS) is 1. The zero-order chi connectivity index (χ0) is 15.3. The number of methoxy groups -OCH3 is 1. The van der Waals surface area contributed by atoms with Crippen LogP contribution in [0.15, 0.2) is 24.3 Å². The number of rotatable bonds is 7.